The molecule has 82 valence electrons. The number of hydrogen-bond acceptors (Lipinski definition) is 3. The van der Waals surface area contributed by atoms with Gasteiger partial charge in [0.05, 0.1) is 22.2 Å². The molecule has 2 aromatic rings. The number of nitrogens with one attached hydrogen (secondary N) is 1. The zero-order chi connectivity index (χ0) is 11.7. The molecule has 0 amide bonds. The number of non-ortho nitro benzene ring substituents is 1. The maximum absolute atomic E-state index is 10.7. The summed E-state index contributed by atoms with van der Waals surface area (Å²) in [5.74, 6) is -0.978. The van der Waals surface area contributed by atoms with Crippen LogP contribution in [0.5, 0.6) is 0 Å². The van der Waals surface area contributed by atoms with Crippen LogP contribution in [0.3, 0.4) is 0 Å². The molecule has 0 aliphatic rings. The highest BCUT2D eigenvalue weighted by atomic mass is 16.6. The third-order valence-electron chi connectivity index (χ3n) is 2.24. The zero-order valence-corrected chi connectivity index (χ0v) is 8.14. The monoisotopic (exact) mass is 220 g/mol. The predicted molar refractivity (Wildman–Crippen MR) is 56.3 cm³/mol. The Labute approximate surface area is 89.7 Å². The highest BCUT2D eigenvalue weighted by molar-refractivity contribution is 5.90. The Kier molecular flexibility index (Phi) is 2.32. The van der Waals surface area contributed by atoms with E-state index < -0.39 is 10.9 Å². The van der Waals surface area contributed by atoms with E-state index in [9.17, 15) is 14.9 Å². The molecule has 0 aliphatic heterocycles. The maximum atomic E-state index is 10.7. The van der Waals surface area contributed by atoms with Gasteiger partial charge >= 0.3 is 5.97 Å². The Morgan fingerprint density at radius 2 is 2.25 bits per heavy atom. The number of benzene rings is 1. The predicted octanol–water partition coefficient (Wildman–Crippen LogP) is 1.70. The first-order valence-corrected chi connectivity index (χ1v) is 4.54. The van der Waals surface area contributed by atoms with Crippen molar-refractivity contribution in [1.82, 2.24) is 4.98 Å². The Bertz CT molecular complexity index is 573. The number of fused-ring (bicyclic) bond motifs is 1. The van der Waals surface area contributed by atoms with E-state index in [1.807, 2.05) is 0 Å². The molecular formula is C10H8N2O4. The molecule has 2 rings (SSSR count). The zero-order valence-electron chi connectivity index (χ0n) is 8.14. The SMILES string of the molecule is O=C(O)Cc1cc2c([N+](=O)[O-])cccc2[nH]1. The number of H-pyrrole nitrogens is 1. The fraction of sp³-hybridized carbons (Fsp3) is 0.100. The van der Waals surface area contributed by atoms with Crippen LogP contribution in [0.4, 0.5) is 5.69 Å². The van der Waals surface area contributed by atoms with E-state index in [4.69, 9.17) is 5.11 Å². The van der Waals surface area contributed by atoms with Crippen LogP contribution in [-0.2, 0) is 11.2 Å². The molecule has 0 bridgehead atoms. The van der Waals surface area contributed by atoms with E-state index in [2.05, 4.69) is 4.98 Å². The summed E-state index contributed by atoms with van der Waals surface area (Å²) in [7, 11) is 0. The van der Waals surface area contributed by atoms with Crippen molar-refractivity contribution < 1.29 is 14.8 Å². The molecule has 6 heteroatoms. The van der Waals surface area contributed by atoms with E-state index in [0.717, 1.165) is 0 Å². The number of nitro groups is 1. The van der Waals surface area contributed by atoms with Crippen LogP contribution in [0.1, 0.15) is 5.69 Å². The van der Waals surface area contributed by atoms with Crippen LogP contribution in [0.2, 0.25) is 0 Å². The molecule has 1 aromatic carbocycles. The first-order chi connectivity index (χ1) is 7.58. The Morgan fingerprint density at radius 3 is 2.88 bits per heavy atom. The fourth-order valence-corrected chi connectivity index (χ4v) is 1.61. The minimum Gasteiger partial charge on any atom is -0.481 e. The van der Waals surface area contributed by atoms with Crippen LogP contribution >= 0.6 is 0 Å². The largest absolute Gasteiger partial charge is 0.481 e. The number of aromatic nitrogens is 1. The molecule has 2 N–H and O–H groups in total. The lowest BCUT2D eigenvalue weighted by atomic mass is 10.2. The standard InChI is InChI=1S/C10H8N2O4/c13-10(14)5-6-4-7-8(11-6)2-1-3-9(7)12(15)16/h1-4,11H,5H2,(H,13,14). The highest BCUT2D eigenvalue weighted by Gasteiger charge is 2.14. The smallest absolute Gasteiger partial charge is 0.309 e. The van der Waals surface area contributed by atoms with E-state index in [1.165, 1.54) is 12.1 Å². The van der Waals surface area contributed by atoms with E-state index in [1.54, 1.807) is 12.1 Å². The highest BCUT2D eigenvalue weighted by Crippen LogP contribution is 2.25. The number of hydrogen-bond donors (Lipinski definition) is 2. The van der Waals surface area contributed by atoms with Crippen LogP contribution in [0.15, 0.2) is 24.3 Å². The first kappa shape index (κ1) is 10.2. The molecule has 0 atom stereocenters. The van der Waals surface area contributed by atoms with Crippen molar-refractivity contribution >= 4 is 22.6 Å². The summed E-state index contributed by atoms with van der Waals surface area (Å²) in [6, 6.07) is 6.12. The van der Waals surface area contributed by atoms with E-state index >= 15 is 0 Å². The van der Waals surface area contributed by atoms with Gasteiger partial charge < -0.3 is 10.1 Å². The summed E-state index contributed by atoms with van der Waals surface area (Å²) in [4.78, 5) is 23.6. The van der Waals surface area contributed by atoms with Crippen LogP contribution in [0, 0.1) is 10.1 Å². The van der Waals surface area contributed by atoms with Gasteiger partial charge in [0.15, 0.2) is 0 Å². The normalized spacial score (nSPS) is 10.5. The van der Waals surface area contributed by atoms with Crippen molar-refractivity contribution in [3.05, 3.63) is 40.1 Å². The summed E-state index contributed by atoms with van der Waals surface area (Å²) in [6.07, 6.45) is -0.175. The number of rotatable bonds is 3. The van der Waals surface area contributed by atoms with Crippen molar-refractivity contribution in [2.24, 2.45) is 0 Å². The number of aromatic amines is 1. The van der Waals surface area contributed by atoms with Crippen LogP contribution < -0.4 is 0 Å². The third-order valence-corrected chi connectivity index (χ3v) is 2.24. The lowest BCUT2D eigenvalue weighted by Crippen LogP contribution is -1.99. The minimum absolute atomic E-state index is 0.0228. The molecule has 0 spiro atoms. The Hall–Kier alpha value is -2.37. The summed E-state index contributed by atoms with van der Waals surface area (Å²) < 4.78 is 0. The van der Waals surface area contributed by atoms with Gasteiger partial charge in [-0.05, 0) is 12.1 Å². The summed E-state index contributed by atoms with van der Waals surface area (Å²) >= 11 is 0. The third kappa shape index (κ3) is 1.72. The van der Waals surface area contributed by atoms with Gasteiger partial charge in [-0.2, -0.15) is 0 Å². The lowest BCUT2D eigenvalue weighted by Gasteiger charge is -1.91. The molecule has 0 aliphatic carbocycles. The second-order valence-corrected chi connectivity index (χ2v) is 3.36. The van der Waals surface area contributed by atoms with Gasteiger partial charge in [0, 0.05) is 11.8 Å². The van der Waals surface area contributed by atoms with Crippen molar-refractivity contribution in [3.8, 4) is 0 Å². The van der Waals surface area contributed by atoms with Crippen LogP contribution in [-0.4, -0.2) is 21.0 Å². The quantitative estimate of drug-likeness (QED) is 0.607. The van der Waals surface area contributed by atoms with E-state index in [0.29, 0.717) is 16.6 Å². The fourth-order valence-electron chi connectivity index (χ4n) is 1.61. The topological polar surface area (TPSA) is 96.2 Å². The van der Waals surface area contributed by atoms with Crippen LogP contribution in [0.25, 0.3) is 10.9 Å². The Morgan fingerprint density at radius 1 is 1.50 bits per heavy atom. The number of carboxylic acids is 1. The van der Waals surface area contributed by atoms with E-state index in [-0.39, 0.29) is 12.1 Å². The van der Waals surface area contributed by atoms with Gasteiger partial charge in [-0.1, -0.05) is 6.07 Å². The molecule has 0 radical (unpaired) electrons. The number of aliphatic carboxylic acids is 1. The van der Waals surface area contributed by atoms with Crippen molar-refractivity contribution in [3.63, 3.8) is 0 Å². The second-order valence-electron chi connectivity index (χ2n) is 3.36. The molecule has 6 nitrogen and oxygen atoms in total. The van der Waals surface area contributed by atoms with Gasteiger partial charge in [-0.3, -0.25) is 14.9 Å². The maximum Gasteiger partial charge on any atom is 0.309 e. The van der Waals surface area contributed by atoms with Crippen molar-refractivity contribution in [1.29, 1.82) is 0 Å². The number of nitrogens with zero attached hydrogens (tertiary/aromatic N) is 1. The van der Waals surface area contributed by atoms with Gasteiger partial charge in [0.25, 0.3) is 5.69 Å². The molecule has 0 saturated heterocycles. The van der Waals surface area contributed by atoms with Gasteiger partial charge in [-0.15, -0.1) is 0 Å². The molecule has 0 saturated carbocycles. The molecule has 1 heterocycles. The lowest BCUT2D eigenvalue weighted by molar-refractivity contribution is -0.383. The van der Waals surface area contributed by atoms with Crippen molar-refractivity contribution in [2.75, 3.05) is 0 Å². The van der Waals surface area contributed by atoms with Gasteiger partial charge in [0.1, 0.15) is 0 Å². The average Bonchev–Trinajstić information content (AvgIpc) is 2.57. The summed E-state index contributed by atoms with van der Waals surface area (Å²) in [5, 5.41) is 19.8. The number of carboxylic acid groups (broad SMARTS) is 1. The molecular weight excluding hydrogens is 212 g/mol. The molecule has 0 fully saturated rings. The molecule has 0 unspecified atom stereocenters. The first-order valence-electron chi connectivity index (χ1n) is 4.54. The minimum atomic E-state index is -0.978. The van der Waals surface area contributed by atoms with Gasteiger partial charge in [-0.25, -0.2) is 0 Å². The average molecular weight is 220 g/mol. The molecule has 16 heavy (non-hydrogen) atoms. The Balaban J connectivity index is 2.56. The number of nitro benzene ring substituents is 1. The number of carbonyl (C=O) groups is 1. The molecule has 1 aromatic heterocycles. The van der Waals surface area contributed by atoms with Gasteiger partial charge in [0.2, 0.25) is 0 Å². The van der Waals surface area contributed by atoms with Crippen molar-refractivity contribution in [2.45, 2.75) is 6.42 Å². The summed E-state index contributed by atoms with van der Waals surface area (Å²) in [6.45, 7) is 0. The second kappa shape index (κ2) is 3.65. The summed E-state index contributed by atoms with van der Waals surface area (Å²) in [5.41, 5.74) is 1.01.